The first-order valence-corrected chi connectivity index (χ1v) is 9.75. The van der Waals surface area contributed by atoms with E-state index in [1.54, 1.807) is 0 Å². The molecule has 1 N–H and O–H groups in total. The Kier molecular flexibility index (Phi) is 4.41. The fourth-order valence-electron chi connectivity index (χ4n) is 2.57. The first-order valence-electron chi connectivity index (χ1n) is 7.13. The monoisotopic (exact) mass is 306 g/mol. The molecule has 0 spiro atoms. The summed E-state index contributed by atoms with van der Waals surface area (Å²) in [5.74, 6) is 6.68. The summed E-state index contributed by atoms with van der Waals surface area (Å²) >= 11 is 1.93. The molecule has 1 atom stereocenters. The van der Waals surface area contributed by atoms with Crippen LogP contribution in [-0.2, 0) is 6.42 Å². The standard InChI is InChI=1S/C16H22N2S2/c1-13-17-12-16(19-13)11-14-3-5-15(6-4-14)18-7-9-20(2)10-8-18/h3-6,12-13,17H,2,7-11H2,1H3. The Bertz CT molecular complexity index is 512. The van der Waals surface area contributed by atoms with Crippen molar-refractivity contribution in [2.45, 2.75) is 18.7 Å². The second-order valence-electron chi connectivity index (χ2n) is 5.39. The lowest BCUT2D eigenvalue weighted by Crippen LogP contribution is -2.33. The number of allylic oxidation sites excluding steroid dienone is 1. The molecule has 0 amide bonds. The van der Waals surface area contributed by atoms with Gasteiger partial charge in [0.2, 0.25) is 0 Å². The molecule has 1 fully saturated rings. The molecule has 2 aliphatic rings. The molecule has 4 heteroatoms. The van der Waals surface area contributed by atoms with Crippen LogP contribution in [0, 0.1) is 0 Å². The molecule has 1 aromatic rings. The van der Waals surface area contributed by atoms with Crippen molar-refractivity contribution in [3.05, 3.63) is 40.9 Å². The minimum Gasteiger partial charge on any atom is -0.378 e. The number of anilines is 1. The van der Waals surface area contributed by atoms with Gasteiger partial charge in [-0.2, -0.15) is 10.5 Å². The fraction of sp³-hybridized carbons (Fsp3) is 0.438. The van der Waals surface area contributed by atoms with Gasteiger partial charge < -0.3 is 10.2 Å². The lowest BCUT2D eigenvalue weighted by atomic mass is 10.1. The third-order valence-electron chi connectivity index (χ3n) is 3.79. The normalized spacial score (nSPS) is 23.6. The van der Waals surface area contributed by atoms with Crippen LogP contribution in [0.2, 0.25) is 0 Å². The zero-order valence-corrected chi connectivity index (χ0v) is 13.6. The minimum absolute atomic E-state index is 0.395. The van der Waals surface area contributed by atoms with Gasteiger partial charge in [-0.25, -0.2) is 0 Å². The quantitative estimate of drug-likeness (QED) is 0.863. The Balaban J connectivity index is 1.61. The van der Waals surface area contributed by atoms with Crippen molar-refractivity contribution in [1.29, 1.82) is 0 Å². The van der Waals surface area contributed by atoms with Gasteiger partial charge in [0.05, 0.1) is 5.37 Å². The molecule has 108 valence electrons. The molecule has 2 aliphatic heterocycles. The Morgan fingerprint density at radius 2 is 2.00 bits per heavy atom. The summed E-state index contributed by atoms with van der Waals surface area (Å²) in [4.78, 5) is 3.93. The molecular weight excluding hydrogens is 284 g/mol. The predicted octanol–water partition coefficient (Wildman–Crippen LogP) is 3.27. The highest BCUT2D eigenvalue weighted by Gasteiger charge is 2.14. The van der Waals surface area contributed by atoms with Gasteiger partial charge in [-0.15, -0.1) is 11.8 Å². The Morgan fingerprint density at radius 3 is 2.60 bits per heavy atom. The van der Waals surface area contributed by atoms with Crippen LogP contribution in [0.4, 0.5) is 5.69 Å². The smallest absolute Gasteiger partial charge is 0.0733 e. The van der Waals surface area contributed by atoms with Crippen LogP contribution in [0.3, 0.4) is 0 Å². The summed E-state index contributed by atoms with van der Waals surface area (Å²) in [5, 5.41) is 3.87. The Labute approximate surface area is 128 Å². The van der Waals surface area contributed by atoms with Gasteiger partial charge in [-0.1, -0.05) is 18.0 Å². The van der Waals surface area contributed by atoms with Gasteiger partial charge in [0, 0.05) is 47.8 Å². The molecule has 0 saturated carbocycles. The van der Waals surface area contributed by atoms with E-state index in [0.29, 0.717) is 15.9 Å². The molecule has 3 rings (SSSR count). The third kappa shape index (κ3) is 3.41. The summed E-state index contributed by atoms with van der Waals surface area (Å²) in [6.45, 7) is 4.52. The van der Waals surface area contributed by atoms with Crippen LogP contribution in [0.1, 0.15) is 12.5 Å². The number of thioether (sulfide) groups is 1. The van der Waals surface area contributed by atoms with Crippen LogP contribution >= 0.6 is 22.2 Å². The van der Waals surface area contributed by atoms with E-state index in [9.17, 15) is 0 Å². The van der Waals surface area contributed by atoms with E-state index >= 15 is 0 Å². The van der Waals surface area contributed by atoms with Gasteiger partial charge in [-0.3, -0.25) is 0 Å². The van der Waals surface area contributed by atoms with Crippen molar-refractivity contribution >= 4 is 33.8 Å². The lowest BCUT2D eigenvalue weighted by Gasteiger charge is -2.30. The van der Waals surface area contributed by atoms with Crippen LogP contribution in [0.25, 0.3) is 0 Å². The molecule has 1 unspecified atom stereocenters. The average molecular weight is 307 g/mol. The maximum atomic E-state index is 4.19. The van der Waals surface area contributed by atoms with E-state index in [2.05, 4.69) is 53.5 Å². The molecule has 20 heavy (non-hydrogen) atoms. The van der Waals surface area contributed by atoms with E-state index < -0.39 is 0 Å². The lowest BCUT2D eigenvalue weighted by molar-refractivity contribution is 0.857. The van der Waals surface area contributed by atoms with E-state index in [1.807, 2.05) is 11.8 Å². The summed E-state index contributed by atoms with van der Waals surface area (Å²) in [6.07, 6.45) is 3.20. The first-order chi connectivity index (χ1) is 9.70. The molecule has 1 saturated heterocycles. The molecule has 2 nitrogen and oxygen atoms in total. The number of nitrogens with one attached hydrogen (secondary N) is 1. The molecule has 1 aromatic carbocycles. The third-order valence-corrected chi connectivity index (χ3v) is 6.36. The van der Waals surface area contributed by atoms with Gasteiger partial charge in [-0.05, 0) is 24.6 Å². The van der Waals surface area contributed by atoms with Gasteiger partial charge in [0.25, 0.3) is 0 Å². The van der Waals surface area contributed by atoms with Crippen molar-refractivity contribution in [3.63, 3.8) is 0 Å². The van der Waals surface area contributed by atoms with Crippen molar-refractivity contribution in [2.24, 2.45) is 0 Å². The second kappa shape index (κ2) is 6.27. The van der Waals surface area contributed by atoms with Crippen LogP contribution < -0.4 is 10.2 Å². The number of nitrogens with zero attached hydrogens (tertiary/aromatic N) is 1. The van der Waals surface area contributed by atoms with Crippen molar-refractivity contribution in [1.82, 2.24) is 5.32 Å². The second-order valence-corrected chi connectivity index (χ2v) is 8.90. The Morgan fingerprint density at radius 1 is 1.30 bits per heavy atom. The highest BCUT2D eigenvalue weighted by atomic mass is 32.2. The number of hydrogen-bond acceptors (Lipinski definition) is 3. The molecule has 0 aromatic heterocycles. The molecule has 0 bridgehead atoms. The van der Waals surface area contributed by atoms with Crippen LogP contribution in [0.15, 0.2) is 35.4 Å². The van der Waals surface area contributed by atoms with Crippen molar-refractivity contribution in [3.8, 4) is 0 Å². The predicted molar refractivity (Wildman–Crippen MR) is 95.1 cm³/mol. The maximum absolute atomic E-state index is 4.19. The van der Waals surface area contributed by atoms with E-state index in [-0.39, 0.29) is 0 Å². The van der Waals surface area contributed by atoms with Gasteiger partial charge >= 0.3 is 0 Å². The van der Waals surface area contributed by atoms with Gasteiger partial charge in [0.15, 0.2) is 0 Å². The van der Waals surface area contributed by atoms with E-state index in [1.165, 1.54) is 27.7 Å². The van der Waals surface area contributed by atoms with E-state index in [4.69, 9.17) is 0 Å². The minimum atomic E-state index is 0.395. The Hall–Kier alpha value is -0.870. The number of rotatable bonds is 3. The summed E-state index contributed by atoms with van der Waals surface area (Å²) in [6, 6.07) is 9.11. The molecule has 2 heterocycles. The van der Waals surface area contributed by atoms with E-state index in [0.717, 1.165) is 19.5 Å². The first kappa shape index (κ1) is 14.1. The SMILES string of the molecule is C=S1CCN(c2ccc(CC3=CNC(C)S3)cc2)CC1. The highest BCUT2D eigenvalue weighted by Crippen LogP contribution is 2.29. The van der Waals surface area contributed by atoms with Crippen LogP contribution in [0.5, 0.6) is 0 Å². The average Bonchev–Trinajstić information content (AvgIpc) is 2.86. The zero-order chi connectivity index (χ0) is 13.9. The topological polar surface area (TPSA) is 15.3 Å². The summed E-state index contributed by atoms with van der Waals surface area (Å²) in [7, 11) is 0.395. The largest absolute Gasteiger partial charge is 0.378 e. The summed E-state index contributed by atoms with van der Waals surface area (Å²) in [5.41, 5.74) is 2.77. The zero-order valence-electron chi connectivity index (χ0n) is 12.0. The number of benzene rings is 1. The highest BCUT2D eigenvalue weighted by molar-refractivity contribution is 8.14. The van der Waals surface area contributed by atoms with Crippen molar-refractivity contribution in [2.75, 3.05) is 29.5 Å². The number of hydrogen-bond donors (Lipinski definition) is 1. The van der Waals surface area contributed by atoms with Crippen molar-refractivity contribution < 1.29 is 0 Å². The fourth-order valence-corrected chi connectivity index (χ4v) is 4.71. The van der Waals surface area contributed by atoms with Gasteiger partial charge in [0.1, 0.15) is 0 Å². The maximum Gasteiger partial charge on any atom is 0.0733 e. The molecule has 0 radical (unpaired) electrons. The molecule has 0 aliphatic carbocycles. The summed E-state index contributed by atoms with van der Waals surface area (Å²) < 4.78 is 0. The van der Waals surface area contributed by atoms with Crippen LogP contribution in [-0.4, -0.2) is 35.8 Å². The molecular formula is C16H22N2S2.